The summed E-state index contributed by atoms with van der Waals surface area (Å²) in [7, 11) is 1.49. The van der Waals surface area contributed by atoms with Gasteiger partial charge in [-0.25, -0.2) is 8.78 Å². The molecular formula is C15H13BrF2O2. The maximum absolute atomic E-state index is 13.6. The molecule has 0 radical (unpaired) electrons. The zero-order valence-electron chi connectivity index (χ0n) is 10.7. The highest BCUT2D eigenvalue weighted by Gasteiger charge is 2.17. The molecule has 0 fully saturated rings. The molecule has 1 N–H and O–H groups in total. The van der Waals surface area contributed by atoms with E-state index in [1.54, 1.807) is 18.2 Å². The Morgan fingerprint density at radius 3 is 2.70 bits per heavy atom. The summed E-state index contributed by atoms with van der Waals surface area (Å²) in [5.74, 6) is -1.36. The lowest BCUT2D eigenvalue weighted by Crippen LogP contribution is -2.06. The van der Waals surface area contributed by atoms with Crippen LogP contribution in [0, 0.1) is 11.6 Å². The number of hydrogen-bond acceptors (Lipinski definition) is 2. The molecule has 0 amide bonds. The second kappa shape index (κ2) is 6.33. The summed E-state index contributed by atoms with van der Waals surface area (Å²) in [6.45, 7) is 0. The number of ether oxygens (including phenoxy) is 1. The van der Waals surface area contributed by atoms with E-state index in [4.69, 9.17) is 4.74 Å². The Hall–Kier alpha value is -1.46. The minimum atomic E-state index is -0.977. The predicted molar refractivity (Wildman–Crippen MR) is 75.7 cm³/mol. The Bertz CT molecular complexity index is 617. The smallest absolute Gasteiger partial charge is 0.162 e. The molecule has 0 aliphatic rings. The van der Waals surface area contributed by atoms with Crippen LogP contribution < -0.4 is 4.74 Å². The Balaban J connectivity index is 2.28. The lowest BCUT2D eigenvalue weighted by Gasteiger charge is -2.15. The first-order valence-electron chi connectivity index (χ1n) is 5.97. The summed E-state index contributed by atoms with van der Waals surface area (Å²) in [6, 6.07) is 9.06. The van der Waals surface area contributed by atoms with Crippen LogP contribution in [0.5, 0.6) is 5.75 Å². The number of methoxy groups -OCH3 is 1. The number of rotatable bonds is 4. The number of aliphatic hydroxyl groups excluding tert-OH is 1. The second-order valence-corrected chi connectivity index (χ2v) is 5.23. The molecule has 0 saturated heterocycles. The van der Waals surface area contributed by atoms with Crippen LogP contribution in [0.3, 0.4) is 0 Å². The van der Waals surface area contributed by atoms with Gasteiger partial charge >= 0.3 is 0 Å². The van der Waals surface area contributed by atoms with Crippen LogP contribution in [0.2, 0.25) is 0 Å². The fourth-order valence-electron chi connectivity index (χ4n) is 1.98. The molecular weight excluding hydrogens is 330 g/mol. The van der Waals surface area contributed by atoms with Crippen molar-refractivity contribution in [2.75, 3.05) is 7.11 Å². The van der Waals surface area contributed by atoms with Crippen molar-refractivity contribution >= 4 is 15.9 Å². The van der Waals surface area contributed by atoms with Crippen molar-refractivity contribution in [1.82, 2.24) is 0 Å². The van der Waals surface area contributed by atoms with Crippen LogP contribution in [0.1, 0.15) is 17.2 Å². The van der Waals surface area contributed by atoms with Crippen LogP contribution in [0.25, 0.3) is 0 Å². The average Bonchev–Trinajstić information content (AvgIpc) is 2.43. The number of halogens is 3. The van der Waals surface area contributed by atoms with E-state index in [0.29, 0.717) is 11.3 Å². The summed E-state index contributed by atoms with van der Waals surface area (Å²) >= 11 is 3.30. The van der Waals surface area contributed by atoms with Gasteiger partial charge < -0.3 is 9.84 Å². The highest BCUT2D eigenvalue weighted by molar-refractivity contribution is 9.10. The van der Waals surface area contributed by atoms with E-state index >= 15 is 0 Å². The third kappa shape index (κ3) is 3.16. The highest BCUT2D eigenvalue weighted by Crippen LogP contribution is 2.31. The Labute approximate surface area is 124 Å². The quantitative estimate of drug-likeness (QED) is 0.909. The first kappa shape index (κ1) is 14.9. The van der Waals surface area contributed by atoms with Gasteiger partial charge in [-0.05, 0) is 23.8 Å². The maximum atomic E-state index is 13.6. The molecule has 2 aromatic rings. The third-order valence-corrected chi connectivity index (χ3v) is 3.49. The third-order valence-electron chi connectivity index (χ3n) is 3.00. The van der Waals surface area contributed by atoms with Crippen molar-refractivity contribution in [1.29, 1.82) is 0 Å². The number of hydrogen-bond donors (Lipinski definition) is 1. The molecule has 2 nitrogen and oxygen atoms in total. The summed E-state index contributed by atoms with van der Waals surface area (Å²) in [5, 5.41) is 10.2. The molecule has 0 bridgehead atoms. The topological polar surface area (TPSA) is 29.5 Å². The molecule has 0 aromatic heterocycles. The summed E-state index contributed by atoms with van der Waals surface area (Å²) in [6.07, 6.45) is -1.00. The minimum absolute atomic E-state index is 0.0262. The van der Waals surface area contributed by atoms with E-state index in [0.717, 1.165) is 10.5 Å². The Morgan fingerprint density at radius 2 is 2.00 bits per heavy atom. The molecule has 5 heteroatoms. The first-order chi connectivity index (χ1) is 9.52. The number of aliphatic hydroxyl groups is 1. The van der Waals surface area contributed by atoms with Crippen LogP contribution in [-0.2, 0) is 6.42 Å². The Kier molecular flexibility index (Phi) is 4.73. The van der Waals surface area contributed by atoms with Crippen molar-refractivity contribution in [2.45, 2.75) is 12.5 Å². The van der Waals surface area contributed by atoms with Gasteiger partial charge in [-0.3, -0.25) is 0 Å². The largest absolute Gasteiger partial charge is 0.496 e. The average molecular weight is 343 g/mol. The van der Waals surface area contributed by atoms with Crippen LogP contribution in [0.4, 0.5) is 8.78 Å². The molecule has 1 atom stereocenters. The van der Waals surface area contributed by atoms with Crippen molar-refractivity contribution in [3.8, 4) is 5.75 Å². The van der Waals surface area contributed by atoms with Gasteiger partial charge in [-0.1, -0.05) is 34.1 Å². The summed E-state index contributed by atoms with van der Waals surface area (Å²) < 4.78 is 32.7. The van der Waals surface area contributed by atoms with E-state index in [1.165, 1.54) is 19.2 Å². The molecule has 0 heterocycles. The highest BCUT2D eigenvalue weighted by atomic mass is 79.9. The van der Waals surface area contributed by atoms with Gasteiger partial charge in [0.1, 0.15) is 5.75 Å². The fraction of sp³-hybridized carbons (Fsp3) is 0.200. The molecule has 0 saturated carbocycles. The number of benzene rings is 2. The van der Waals surface area contributed by atoms with E-state index in [-0.39, 0.29) is 12.0 Å². The molecule has 20 heavy (non-hydrogen) atoms. The van der Waals surface area contributed by atoms with Gasteiger partial charge in [-0.15, -0.1) is 0 Å². The molecule has 1 unspecified atom stereocenters. The van der Waals surface area contributed by atoms with E-state index < -0.39 is 17.7 Å². The predicted octanol–water partition coefficient (Wildman–Crippen LogP) is 4.01. The fourth-order valence-corrected chi connectivity index (χ4v) is 2.32. The standard InChI is InChI=1S/C15H13BrF2O2/c1-20-14-8-10(16)5-6-11(14)13(19)7-9-3-2-4-12(17)15(9)18/h2-6,8,13,19H,7H2,1H3. The maximum Gasteiger partial charge on any atom is 0.162 e. The Morgan fingerprint density at radius 1 is 1.25 bits per heavy atom. The van der Waals surface area contributed by atoms with Gasteiger partial charge in [-0.2, -0.15) is 0 Å². The molecule has 106 valence electrons. The minimum Gasteiger partial charge on any atom is -0.496 e. The zero-order chi connectivity index (χ0) is 14.7. The van der Waals surface area contributed by atoms with Crippen molar-refractivity contribution in [3.05, 3.63) is 63.6 Å². The molecule has 2 rings (SSSR count). The summed E-state index contributed by atoms with van der Waals surface area (Å²) in [4.78, 5) is 0. The summed E-state index contributed by atoms with van der Waals surface area (Å²) in [5.41, 5.74) is 0.654. The monoisotopic (exact) mass is 342 g/mol. The van der Waals surface area contributed by atoms with Gasteiger partial charge in [0.25, 0.3) is 0 Å². The van der Waals surface area contributed by atoms with Crippen LogP contribution in [0.15, 0.2) is 40.9 Å². The van der Waals surface area contributed by atoms with Crippen LogP contribution in [-0.4, -0.2) is 12.2 Å². The van der Waals surface area contributed by atoms with Gasteiger partial charge in [0, 0.05) is 16.5 Å². The lowest BCUT2D eigenvalue weighted by atomic mass is 10.00. The van der Waals surface area contributed by atoms with Gasteiger partial charge in [0.2, 0.25) is 0 Å². The van der Waals surface area contributed by atoms with Gasteiger partial charge in [0.15, 0.2) is 11.6 Å². The molecule has 0 aliphatic heterocycles. The van der Waals surface area contributed by atoms with E-state index in [1.807, 2.05) is 0 Å². The first-order valence-corrected chi connectivity index (χ1v) is 6.76. The molecule has 0 aliphatic carbocycles. The second-order valence-electron chi connectivity index (χ2n) is 4.32. The van der Waals surface area contributed by atoms with Crippen molar-refractivity contribution in [3.63, 3.8) is 0 Å². The lowest BCUT2D eigenvalue weighted by molar-refractivity contribution is 0.172. The SMILES string of the molecule is COc1cc(Br)ccc1C(O)Cc1cccc(F)c1F. The van der Waals surface area contributed by atoms with E-state index in [9.17, 15) is 13.9 Å². The van der Waals surface area contributed by atoms with Crippen molar-refractivity contribution in [2.24, 2.45) is 0 Å². The van der Waals surface area contributed by atoms with E-state index in [2.05, 4.69) is 15.9 Å². The van der Waals surface area contributed by atoms with Gasteiger partial charge in [0.05, 0.1) is 13.2 Å². The zero-order valence-corrected chi connectivity index (χ0v) is 12.3. The normalized spacial score (nSPS) is 12.2. The van der Waals surface area contributed by atoms with Crippen molar-refractivity contribution < 1.29 is 18.6 Å². The van der Waals surface area contributed by atoms with Crippen LogP contribution >= 0.6 is 15.9 Å². The molecule has 0 spiro atoms. The molecule has 2 aromatic carbocycles.